The van der Waals surface area contributed by atoms with Crippen LogP contribution in [0.4, 0.5) is 0 Å². The molecular formula is C13H23N3O2. The Hall–Kier alpha value is -1.36. The molecule has 0 bridgehead atoms. The summed E-state index contributed by atoms with van der Waals surface area (Å²) in [6.45, 7) is 7.06. The van der Waals surface area contributed by atoms with Gasteiger partial charge in [0.25, 0.3) is 0 Å². The first-order chi connectivity index (χ1) is 8.51. The lowest BCUT2D eigenvalue weighted by Gasteiger charge is -2.16. The van der Waals surface area contributed by atoms with Crippen LogP contribution in [0.2, 0.25) is 0 Å². The van der Waals surface area contributed by atoms with E-state index in [0.29, 0.717) is 25.4 Å². The van der Waals surface area contributed by atoms with Crippen molar-refractivity contribution in [3.8, 4) is 0 Å². The highest BCUT2D eigenvalue weighted by Crippen LogP contribution is 2.14. The molecule has 18 heavy (non-hydrogen) atoms. The molecule has 1 heterocycles. The zero-order chi connectivity index (χ0) is 13.5. The monoisotopic (exact) mass is 253 g/mol. The van der Waals surface area contributed by atoms with Crippen LogP contribution in [0.1, 0.15) is 38.1 Å². The molecule has 0 saturated heterocycles. The lowest BCUT2D eigenvalue weighted by Crippen LogP contribution is -2.28. The van der Waals surface area contributed by atoms with E-state index in [1.807, 2.05) is 13.0 Å². The molecule has 5 heteroatoms. The smallest absolute Gasteiger partial charge is 0.220 e. The predicted octanol–water partition coefficient (Wildman–Crippen LogP) is 1.61. The Morgan fingerprint density at radius 1 is 1.56 bits per heavy atom. The number of aryl methyl sites for hydroxylation is 1. The van der Waals surface area contributed by atoms with Crippen LogP contribution in [0.25, 0.3) is 0 Å². The first-order valence-corrected chi connectivity index (χ1v) is 6.40. The maximum absolute atomic E-state index is 11.7. The third kappa shape index (κ3) is 5.31. The van der Waals surface area contributed by atoms with E-state index in [9.17, 15) is 4.79 Å². The van der Waals surface area contributed by atoms with Gasteiger partial charge in [0.15, 0.2) is 0 Å². The van der Waals surface area contributed by atoms with Crippen molar-refractivity contribution in [2.45, 2.75) is 40.2 Å². The molecule has 102 valence electrons. The number of carbonyl (C=O) groups excluding carboxylic acids is 1. The van der Waals surface area contributed by atoms with Crippen LogP contribution in [0.15, 0.2) is 10.6 Å². The number of hydrogen-bond donors (Lipinski definition) is 2. The van der Waals surface area contributed by atoms with E-state index in [2.05, 4.69) is 24.3 Å². The maximum Gasteiger partial charge on any atom is 0.220 e. The van der Waals surface area contributed by atoms with Crippen LogP contribution in [0.3, 0.4) is 0 Å². The minimum Gasteiger partial charge on any atom is -0.361 e. The van der Waals surface area contributed by atoms with E-state index < -0.39 is 0 Å². The van der Waals surface area contributed by atoms with Crippen LogP contribution in [-0.4, -0.2) is 17.6 Å². The summed E-state index contributed by atoms with van der Waals surface area (Å²) in [5, 5.41) is 6.65. The molecule has 5 nitrogen and oxygen atoms in total. The summed E-state index contributed by atoms with van der Waals surface area (Å²) < 4.78 is 4.93. The van der Waals surface area contributed by atoms with E-state index in [1.165, 1.54) is 0 Å². The van der Waals surface area contributed by atoms with Crippen LogP contribution >= 0.6 is 0 Å². The number of nitrogens with one attached hydrogen (secondary N) is 1. The maximum atomic E-state index is 11.7. The van der Waals surface area contributed by atoms with E-state index in [-0.39, 0.29) is 11.8 Å². The van der Waals surface area contributed by atoms with Crippen molar-refractivity contribution < 1.29 is 9.32 Å². The second kappa shape index (κ2) is 7.16. The largest absolute Gasteiger partial charge is 0.361 e. The standard InChI is InChI=1S/C13H23N3O2/c1-9(2)4-11(7-14)6-13(17)15-8-12-5-10(3)18-16-12/h5,9,11H,4,6-8,14H2,1-3H3,(H,15,17)/t11-/m0/s1. The van der Waals surface area contributed by atoms with Gasteiger partial charge in [0.05, 0.1) is 6.54 Å². The van der Waals surface area contributed by atoms with Gasteiger partial charge in [0, 0.05) is 12.5 Å². The average Bonchev–Trinajstić information content (AvgIpc) is 2.71. The van der Waals surface area contributed by atoms with Gasteiger partial charge < -0.3 is 15.6 Å². The van der Waals surface area contributed by atoms with Gasteiger partial charge >= 0.3 is 0 Å². The number of hydrogen-bond acceptors (Lipinski definition) is 4. The Balaban J connectivity index is 2.32. The molecule has 0 unspecified atom stereocenters. The van der Waals surface area contributed by atoms with Gasteiger partial charge in [-0.1, -0.05) is 19.0 Å². The first-order valence-electron chi connectivity index (χ1n) is 6.40. The molecule has 0 saturated carbocycles. The van der Waals surface area contributed by atoms with Crippen molar-refractivity contribution in [3.63, 3.8) is 0 Å². The summed E-state index contributed by atoms with van der Waals surface area (Å²) >= 11 is 0. The molecule has 1 atom stereocenters. The second-order valence-electron chi connectivity index (χ2n) is 5.14. The lowest BCUT2D eigenvalue weighted by molar-refractivity contribution is -0.122. The molecule has 0 aliphatic heterocycles. The van der Waals surface area contributed by atoms with Crippen molar-refractivity contribution in [1.82, 2.24) is 10.5 Å². The third-order valence-corrected chi connectivity index (χ3v) is 2.76. The summed E-state index contributed by atoms with van der Waals surface area (Å²) in [5.74, 6) is 1.58. The average molecular weight is 253 g/mol. The van der Waals surface area contributed by atoms with Gasteiger partial charge in [-0.25, -0.2) is 0 Å². The van der Waals surface area contributed by atoms with Gasteiger partial charge in [0.2, 0.25) is 5.91 Å². The van der Waals surface area contributed by atoms with Crippen molar-refractivity contribution in [1.29, 1.82) is 0 Å². The van der Waals surface area contributed by atoms with Gasteiger partial charge in [-0.05, 0) is 31.7 Å². The number of nitrogens with zero attached hydrogens (tertiary/aromatic N) is 1. The van der Waals surface area contributed by atoms with E-state index in [4.69, 9.17) is 10.3 Å². The molecule has 1 aromatic rings. The second-order valence-corrected chi connectivity index (χ2v) is 5.14. The van der Waals surface area contributed by atoms with Gasteiger partial charge in [-0.15, -0.1) is 0 Å². The Bertz CT molecular complexity index is 374. The zero-order valence-corrected chi connectivity index (χ0v) is 11.4. The number of aromatic nitrogens is 1. The Labute approximate surface area is 108 Å². The zero-order valence-electron chi connectivity index (χ0n) is 11.4. The molecule has 0 fully saturated rings. The molecular weight excluding hydrogens is 230 g/mol. The molecule has 0 radical (unpaired) electrons. The van der Waals surface area contributed by atoms with E-state index in [0.717, 1.165) is 17.9 Å². The van der Waals surface area contributed by atoms with Gasteiger partial charge in [-0.3, -0.25) is 4.79 Å². The fraction of sp³-hybridized carbons (Fsp3) is 0.692. The van der Waals surface area contributed by atoms with Crippen LogP contribution in [-0.2, 0) is 11.3 Å². The highest BCUT2D eigenvalue weighted by Gasteiger charge is 2.14. The summed E-state index contributed by atoms with van der Waals surface area (Å²) in [7, 11) is 0. The number of rotatable bonds is 7. The predicted molar refractivity (Wildman–Crippen MR) is 69.7 cm³/mol. The van der Waals surface area contributed by atoms with Crippen LogP contribution in [0.5, 0.6) is 0 Å². The number of carbonyl (C=O) groups is 1. The summed E-state index contributed by atoms with van der Waals surface area (Å²) in [6, 6.07) is 1.81. The minimum atomic E-state index is 0.0201. The quantitative estimate of drug-likeness (QED) is 0.773. The molecule has 0 aliphatic rings. The van der Waals surface area contributed by atoms with Gasteiger partial charge in [-0.2, -0.15) is 0 Å². The molecule has 0 aliphatic carbocycles. The van der Waals surface area contributed by atoms with Crippen molar-refractivity contribution in [3.05, 3.63) is 17.5 Å². The Morgan fingerprint density at radius 2 is 2.28 bits per heavy atom. The van der Waals surface area contributed by atoms with Crippen LogP contribution < -0.4 is 11.1 Å². The minimum absolute atomic E-state index is 0.0201. The highest BCUT2D eigenvalue weighted by molar-refractivity contribution is 5.76. The molecule has 1 aromatic heterocycles. The molecule has 3 N–H and O–H groups in total. The normalized spacial score (nSPS) is 12.7. The Kier molecular flexibility index (Phi) is 5.85. The lowest BCUT2D eigenvalue weighted by atomic mass is 9.94. The first kappa shape index (κ1) is 14.7. The summed E-state index contributed by atoms with van der Waals surface area (Å²) in [4.78, 5) is 11.7. The van der Waals surface area contributed by atoms with Crippen molar-refractivity contribution >= 4 is 5.91 Å². The fourth-order valence-corrected chi connectivity index (χ4v) is 1.95. The molecule has 0 spiro atoms. The summed E-state index contributed by atoms with van der Waals surface area (Å²) in [6.07, 6.45) is 1.46. The van der Waals surface area contributed by atoms with Crippen molar-refractivity contribution in [2.24, 2.45) is 17.6 Å². The van der Waals surface area contributed by atoms with E-state index in [1.54, 1.807) is 0 Å². The van der Waals surface area contributed by atoms with Crippen LogP contribution in [0, 0.1) is 18.8 Å². The fourth-order valence-electron chi connectivity index (χ4n) is 1.95. The topological polar surface area (TPSA) is 81.2 Å². The van der Waals surface area contributed by atoms with Crippen molar-refractivity contribution in [2.75, 3.05) is 6.54 Å². The summed E-state index contributed by atoms with van der Waals surface area (Å²) in [5.41, 5.74) is 6.42. The number of nitrogens with two attached hydrogens (primary N) is 1. The Morgan fingerprint density at radius 3 is 2.78 bits per heavy atom. The highest BCUT2D eigenvalue weighted by atomic mass is 16.5. The third-order valence-electron chi connectivity index (χ3n) is 2.76. The molecule has 1 amide bonds. The SMILES string of the molecule is Cc1cc(CNC(=O)C[C@@H](CN)CC(C)C)no1. The van der Waals surface area contributed by atoms with E-state index >= 15 is 0 Å². The number of amides is 1. The molecule has 1 rings (SSSR count). The molecule has 0 aromatic carbocycles. The van der Waals surface area contributed by atoms with Gasteiger partial charge in [0.1, 0.15) is 11.5 Å².